The number of hydrogen-bond acceptors (Lipinski definition) is 8. The second-order valence-electron chi connectivity index (χ2n) is 7.45. The van der Waals surface area contributed by atoms with Crippen LogP contribution < -0.4 is 10.6 Å². The summed E-state index contributed by atoms with van der Waals surface area (Å²) in [6.07, 6.45) is -1.51. The highest BCUT2D eigenvalue weighted by atomic mass is 31.2. The van der Waals surface area contributed by atoms with Gasteiger partial charge in [-0.15, -0.1) is 0 Å². The molecule has 0 aromatic rings. The molecule has 0 rings (SSSR count). The second kappa shape index (κ2) is 12.8. The summed E-state index contributed by atoms with van der Waals surface area (Å²) in [6.45, 7) is 2.34. The Kier molecular flexibility index (Phi) is 11.9. The van der Waals surface area contributed by atoms with E-state index in [4.69, 9.17) is 19.6 Å². The number of carbonyl (C=O) groups excluding carboxylic acids is 2. The van der Waals surface area contributed by atoms with Crippen molar-refractivity contribution in [2.45, 2.75) is 50.6 Å². The summed E-state index contributed by atoms with van der Waals surface area (Å²) in [7, 11) is -8.47. The molecular weight excluding hydrogens is 466 g/mol. The molecule has 16 heteroatoms. The highest BCUT2D eigenvalue weighted by molar-refractivity contribution is 7.52. The fourth-order valence-electron chi connectivity index (χ4n) is 2.05. The number of azo groups is 1. The molecule has 0 spiro atoms. The van der Waals surface area contributed by atoms with Gasteiger partial charge < -0.3 is 30.2 Å². The Hall–Kier alpha value is -2.18. The minimum atomic E-state index is -4.23. The summed E-state index contributed by atoms with van der Waals surface area (Å²) in [5.74, 6) is -1.07. The van der Waals surface area contributed by atoms with Crippen LogP contribution in [-0.2, 0) is 18.7 Å². The van der Waals surface area contributed by atoms with Gasteiger partial charge >= 0.3 is 15.2 Å². The number of amides is 2. The normalized spacial score (nSPS) is 15.8. The van der Waals surface area contributed by atoms with E-state index in [-0.39, 0.29) is 38.8 Å². The Labute approximate surface area is 185 Å². The van der Waals surface area contributed by atoms with Crippen molar-refractivity contribution in [2.75, 3.05) is 25.4 Å². The van der Waals surface area contributed by atoms with Crippen LogP contribution in [0.5, 0.6) is 0 Å². The maximum Gasteiger partial charge on any atom is 0.327 e. The van der Waals surface area contributed by atoms with Gasteiger partial charge in [0.05, 0.1) is 24.5 Å². The van der Waals surface area contributed by atoms with E-state index in [2.05, 4.69) is 20.9 Å². The lowest BCUT2D eigenvalue weighted by Gasteiger charge is -2.19. The van der Waals surface area contributed by atoms with Gasteiger partial charge in [-0.1, -0.05) is 0 Å². The van der Waals surface area contributed by atoms with Crippen LogP contribution >= 0.6 is 15.2 Å². The highest BCUT2D eigenvalue weighted by Crippen LogP contribution is 2.33. The van der Waals surface area contributed by atoms with Gasteiger partial charge in [-0.3, -0.25) is 18.7 Å². The third-order valence-corrected chi connectivity index (χ3v) is 5.71. The van der Waals surface area contributed by atoms with E-state index in [0.717, 1.165) is 0 Å². The molecule has 0 heterocycles. The smallest absolute Gasteiger partial charge is 0.327 e. The van der Waals surface area contributed by atoms with Crippen molar-refractivity contribution in [2.24, 2.45) is 10.2 Å². The van der Waals surface area contributed by atoms with Gasteiger partial charge in [0.25, 0.3) is 0 Å². The Bertz CT molecular complexity index is 803. The molecule has 14 nitrogen and oxygen atoms in total. The SMILES string of the molecule is CC(C#N)(CCC(=O)NCCP(=O)(O)O)/N=N/C(C)(C#N)CCC(=O)NCCP(=O)(O)O. The number of rotatable bonds is 14. The van der Waals surface area contributed by atoms with Gasteiger partial charge in [0.2, 0.25) is 11.8 Å². The zero-order chi connectivity index (χ0) is 25.1. The second-order valence-corrected chi connectivity index (χ2v) is 11.0. The van der Waals surface area contributed by atoms with Crippen molar-refractivity contribution in [1.29, 1.82) is 10.5 Å². The molecule has 2 unspecified atom stereocenters. The Morgan fingerprint density at radius 3 is 1.38 bits per heavy atom. The molecule has 2 atom stereocenters. The fraction of sp³-hybridized carbons (Fsp3) is 0.750. The van der Waals surface area contributed by atoms with Crippen molar-refractivity contribution >= 4 is 27.0 Å². The van der Waals surface area contributed by atoms with E-state index in [9.17, 15) is 29.2 Å². The van der Waals surface area contributed by atoms with E-state index < -0.39 is 50.4 Å². The van der Waals surface area contributed by atoms with Crippen LogP contribution in [0.1, 0.15) is 39.5 Å². The summed E-state index contributed by atoms with van der Waals surface area (Å²) in [5.41, 5.74) is -2.91. The number of nitrogens with one attached hydrogen (secondary N) is 2. The molecule has 32 heavy (non-hydrogen) atoms. The lowest BCUT2D eigenvalue weighted by molar-refractivity contribution is -0.122. The molecule has 0 aliphatic rings. The molecular formula is C16H28N6O8P2. The average Bonchev–Trinajstić information content (AvgIpc) is 2.67. The summed E-state index contributed by atoms with van der Waals surface area (Å²) >= 11 is 0. The summed E-state index contributed by atoms with van der Waals surface area (Å²) in [6, 6.07) is 3.78. The van der Waals surface area contributed by atoms with E-state index in [1.807, 2.05) is 12.1 Å². The first kappa shape index (κ1) is 29.8. The first-order valence-corrected chi connectivity index (χ1v) is 13.0. The topological polar surface area (TPSA) is 246 Å². The van der Waals surface area contributed by atoms with E-state index in [1.54, 1.807) is 0 Å². The van der Waals surface area contributed by atoms with Gasteiger partial charge in [-0.25, -0.2) is 0 Å². The predicted octanol–water partition coefficient (Wildman–Crippen LogP) is 0.151. The van der Waals surface area contributed by atoms with Gasteiger partial charge in [-0.2, -0.15) is 20.8 Å². The fourth-order valence-corrected chi connectivity index (χ4v) is 2.86. The van der Waals surface area contributed by atoms with Crippen LogP contribution in [-0.4, -0.2) is 67.9 Å². The maximum absolute atomic E-state index is 11.8. The first-order chi connectivity index (χ1) is 14.5. The van der Waals surface area contributed by atoms with Gasteiger partial charge in [-0.05, 0) is 26.7 Å². The van der Waals surface area contributed by atoms with Crippen LogP contribution in [0, 0.1) is 22.7 Å². The average molecular weight is 494 g/mol. The van der Waals surface area contributed by atoms with Crippen molar-refractivity contribution in [3.05, 3.63) is 0 Å². The molecule has 0 saturated carbocycles. The number of carbonyl (C=O) groups is 2. The van der Waals surface area contributed by atoms with Gasteiger partial charge in [0.1, 0.15) is 0 Å². The van der Waals surface area contributed by atoms with Crippen LogP contribution in [0.3, 0.4) is 0 Å². The summed E-state index contributed by atoms with van der Waals surface area (Å²) in [5, 5.41) is 31.2. The molecule has 0 bridgehead atoms. The minimum Gasteiger partial charge on any atom is -0.355 e. The summed E-state index contributed by atoms with van der Waals surface area (Å²) < 4.78 is 21.5. The largest absolute Gasteiger partial charge is 0.355 e. The molecule has 0 radical (unpaired) electrons. The molecule has 0 aromatic heterocycles. The van der Waals surface area contributed by atoms with Crippen molar-refractivity contribution in [3.63, 3.8) is 0 Å². The molecule has 0 aliphatic heterocycles. The molecule has 0 fully saturated rings. The lowest BCUT2D eigenvalue weighted by atomic mass is 9.97. The van der Waals surface area contributed by atoms with Crippen LogP contribution in [0.2, 0.25) is 0 Å². The van der Waals surface area contributed by atoms with Gasteiger partial charge in [0.15, 0.2) is 11.1 Å². The number of nitrogens with zero attached hydrogens (tertiary/aromatic N) is 4. The maximum atomic E-state index is 11.8. The predicted molar refractivity (Wildman–Crippen MR) is 111 cm³/mol. The van der Waals surface area contributed by atoms with E-state index in [0.29, 0.717) is 0 Å². The molecule has 2 amide bonds. The van der Waals surface area contributed by atoms with Crippen molar-refractivity contribution < 1.29 is 38.3 Å². The Morgan fingerprint density at radius 2 is 1.12 bits per heavy atom. The Balaban J connectivity index is 4.76. The molecule has 6 N–H and O–H groups in total. The van der Waals surface area contributed by atoms with Crippen molar-refractivity contribution in [3.8, 4) is 12.1 Å². The molecule has 0 aromatic carbocycles. The molecule has 0 saturated heterocycles. The first-order valence-electron chi connectivity index (χ1n) is 9.42. The number of nitriles is 2. The zero-order valence-electron chi connectivity index (χ0n) is 17.8. The number of hydrogen-bond donors (Lipinski definition) is 6. The minimum absolute atomic E-state index is 0.0703. The quantitative estimate of drug-likeness (QED) is 0.141. The third kappa shape index (κ3) is 14.8. The zero-order valence-corrected chi connectivity index (χ0v) is 19.6. The van der Waals surface area contributed by atoms with Crippen LogP contribution in [0.4, 0.5) is 0 Å². The molecule has 180 valence electrons. The van der Waals surface area contributed by atoms with Gasteiger partial charge in [0, 0.05) is 25.9 Å². The monoisotopic (exact) mass is 494 g/mol. The Morgan fingerprint density at radius 1 is 0.812 bits per heavy atom. The van der Waals surface area contributed by atoms with Crippen molar-refractivity contribution in [1.82, 2.24) is 10.6 Å². The highest BCUT2D eigenvalue weighted by Gasteiger charge is 2.29. The lowest BCUT2D eigenvalue weighted by Crippen LogP contribution is -2.31. The third-order valence-electron chi connectivity index (χ3n) is 4.10. The molecule has 0 aliphatic carbocycles. The van der Waals surface area contributed by atoms with Crippen LogP contribution in [0.15, 0.2) is 10.2 Å². The van der Waals surface area contributed by atoms with E-state index in [1.165, 1.54) is 13.8 Å². The van der Waals surface area contributed by atoms with Crippen LogP contribution in [0.25, 0.3) is 0 Å². The summed E-state index contributed by atoms with van der Waals surface area (Å²) in [4.78, 5) is 58.6. The van der Waals surface area contributed by atoms with E-state index >= 15 is 0 Å². The standard InChI is InChI=1S/C16H28N6O8P2/c1-15(11-17,5-3-13(23)19-7-9-31(25,26)27)21-22-16(2,12-18)6-4-14(24)20-8-10-32(28,29)30/h3-10H2,1-2H3,(H,19,23)(H,20,24)(H2,25,26,27)(H2,28,29,30)/b22-21+.